The highest BCUT2D eigenvalue weighted by atomic mass is 28.5. The first kappa shape index (κ1) is 32.6. The van der Waals surface area contributed by atoms with E-state index in [9.17, 15) is 0 Å². The minimum atomic E-state index is -2.07. The summed E-state index contributed by atoms with van der Waals surface area (Å²) in [6.07, 6.45) is 0. The molecule has 0 bridgehead atoms. The molecule has 3 fully saturated rings. The molecular formula is C18H55B3FN9Si6. The normalized spacial score (nSPS) is 30.6. The van der Waals surface area contributed by atoms with E-state index in [1.54, 1.807) is 0 Å². The Morgan fingerprint density at radius 3 is 0.946 bits per heavy atom. The molecule has 0 saturated carbocycles. The van der Waals surface area contributed by atoms with Crippen molar-refractivity contribution in [3.63, 3.8) is 0 Å². The highest BCUT2D eigenvalue weighted by Gasteiger charge is 2.67. The van der Waals surface area contributed by atoms with Crippen LogP contribution < -0.4 is 18.6 Å². The maximum Gasteiger partial charge on any atom is 0.502 e. The van der Waals surface area contributed by atoms with Crippen molar-refractivity contribution in [3.8, 4) is 0 Å². The van der Waals surface area contributed by atoms with Crippen molar-refractivity contribution in [1.82, 2.24) is 41.0 Å². The lowest BCUT2D eigenvalue weighted by atomic mass is 9.60. The van der Waals surface area contributed by atoms with Crippen molar-refractivity contribution in [2.24, 2.45) is 0 Å². The van der Waals surface area contributed by atoms with E-state index >= 15 is 4.32 Å². The first-order chi connectivity index (χ1) is 16.6. The number of hydrogen-bond acceptors (Lipinski definition) is 9. The van der Waals surface area contributed by atoms with Gasteiger partial charge in [-0.15, -0.1) is 0 Å². The van der Waals surface area contributed by atoms with E-state index in [0.717, 1.165) is 6.54 Å². The molecule has 0 aromatic rings. The minimum absolute atomic E-state index is 0.0898. The van der Waals surface area contributed by atoms with Gasteiger partial charge in [0.25, 0.3) is 0 Å². The molecule has 3 aliphatic heterocycles. The lowest BCUT2D eigenvalue weighted by Crippen LogP contribution is -2.99. The van der Waals surface area contributed by atoms with Gasteiger partial charge in [-0.3, -0.25) is 4.32 Å². The quantitative estimate of drug-likeness (QED) is 0.348. The van der Waals surface area contributed by atoms with E-state index in [-0.39, 0.29) is 14.2 Å². The molecule has 0 spiro atoms. The lowest BCUT2D eigenvalue weighted by Gasteiger charge is -2.67. The van der Waals surface area contributed by atoms with Gasteiger partial charge in [0.1, 0.15) is 0 Å². The van der Waals surface area contributed by atoms with Gasteiger partial charge in [-0.25, -0.2) is 0 Å². The molecule has 0 aliphatic carbocycles. The Labute approximate surface area is 235 Å². The first-order valence-electron chi connectivity index (χ1n) is 14.2. The molecule has 3 saturated heterocycles. The van der Waals surface area contributed by atoms with E-state index in [0.29, 0.717) is 13.1 Å². The van der Waals surface area contributed by atoms with Crippen molar-refractivity contribution in [1.29, 1.82) is 0 Å². The summed E-state index contributed by atoms with van der Waals surface area (Å²) in [5.41, 5.74) is 0. The van der Waals surface area contributed by atoms with Gasteiger partial charge in [0.05, 0.1) is 0 Å². The van der Waals surface area contributed by atoms with E-state index in [1.165, 1.54) is 0 Å². The molecular weight excluding hydrogens is 562 g/mol. The Morgan fingerprint density at radius 2 is 0.730 bits per heavy atom. The van der Waals surface area contributed by atoms with Crippen LogP contribution in [-0.4, -0.2) is 114 Å². The van der Waals surface area contributed by atoms with Crippen LogP contribution in [0.4, 0.5) is 4.32 Å². The van der Waals surface area contributed by atoms with Crippen LogP contribution in [0.3, 0.4) is 0 Å². The fourth-order valence-electron chi connectivity index (χ4n) is 8.37. The molecule has 3 heterocycles. The monoisotopic (exact) mass is 617 g/mol. The van der Waals surface area contributed by atoms with Crippen molar-refractivity contribution < 1.29 is 4.32 Å². The SMILES string of the molecule is CCN1B(F)N(CC)B(N2[Si](C)(C)N[Si](C)(C)N[Si]2(C)C)N(CC)B1N1[Si](C)(C)N[Si](C)(C)N[Si]1(C)C. The van der Waals surface area contributed by atoms with Gasteiger partial charge in [0, 0.05) is 0 Å². The van der Waals surface area contributed by atoms with Crippen molar-refractivity contribution in [2.75, 3.05) is 19.6 Å². The summed E-state index contributed by atoms with van der Waals surface area (Å²) < 4.78 is 45.9. The largest absolute Gasteiger partial charge is 0.502 e. The summed E-state index contributed by atoms with van der Waals surface area (Å²) in [6.45, 7) is 37.9. The van der Waals surface area contributed by atoms with Gasteiger partial charge in [-0.05, 0) is 98.2 Å². The van der Waals surface area contributed by atoms with E-state index < -0.39 is 57.6 Å². The van der Waals surface area contributed by atoms with E-state index in [4.69, 9.17) is 0 Å². The zero-order valence-corrected chi connectivity index (χ0v) is 32.5. The Morgan fingerprint density at radius 1 is 0.486 bits per heavy atom. The van der Waals surface area contributed by atoms with Gasteiger partial charge in [0.2, 0.25) is 0 Å². The Kier molecular flexibility index (Phi) is 9.16. The fourth-order valence-corrected chi connectivity index (χ4v) is 53.1. The van der Waals surface area contributed by atoms with E-state index in [1.807, 2.05) is 0 Å². The third-order valence-corrected chi connectivity index (χ3v) is 40.4. The third-order valence-electron chi connectivity index (χ3n) is 8.17. The summed E-state index contributed by atoms with van der Waals surface area (Å²) in [6, 6.07) is 0. The number of rotatable bonds is 5. The number of nitrogens with zero attached hydrogens (tertiary/aromatic N) is 5. The summed E-state index contributed by atoms with van der Waals surface area (Å²) in [7, 11) is -13.1. The summed E-state index contributed by atoms with van der Waals surface area (Å²) in [4.78, 5) is 0. The van der Waals surface area contributed by atoms with Crippen LogP contribution >= 0.6 is 0 Å². The number of hydrogen-bond donors (Lipinski definition) is 4. The Balaban J connectivity index is 2.23. The summed E-state index contributed by atoms with van der Waals surface area (Å²) in [5, 5.41) is 0. The van der Waals surface area contributed by atoms with Crippen molar-refractivity contribution >= 4 is 71.9 Å². The molecule has 0 aromatic carbocycles. The predicted octanol–water partition coefficient (Wildman–Crippen LogP) is 2.09. The van der Waals surface area contributed by atoms with E-state index in [2.05, 4.69) is 140 Å². The fraction of sp³-hybridized carbons (Fsp3) is 1.00. The van der Waals surface area contributed by atoms with Crippen molar-refractivity contribution in [3.05, 3.63) is 0 Å². The minimum Gasteiger partial charge on any atom is -0.337 e. The molecule has 3 aliphatic rings. The Bertz CT molecular complexity index is 754. The molecule has 3 rings (SSSR count). The highest BCUT2D eigenvalue weighted by Crippen LogP contribution is 2.35. The first-order valence-corrected chi connectivity index (χ1v) is 32.0. The standard InChI is InChI=1S/C18H55B3FN9Si6/c1-16-27-19(22)28(17-2)21(31-36(12,13)25-33(6,7)26-37(31,14)15)29(18-3)20(27)30-34(8,9)23-32(4,5)24-35(30,10)11/h23-26H,16-18H2,1-15H3. The second kappa shape index (κ2) is 10.4. The molecule has 0 radical (unpaired) electrons. The molecule has 9 nitrogen and oxygen atoms in total. The zero-order chi connectivity index (χ0) is 28.6. The molecule has 0 unspecified atom stereocenters. The summed E-state index contributed by atoms with van der Waals surface area (Å²) >= 11 is 0. The molecule has 212 valence electrons. The number of halogens is 1. The van der Waals surface area contributed by atoms with Crippen LogP contribution in [0.15, 0.2) is 0 Å². The molecule has 37 heavy (non-hydrogen) atoms. The zero-order valence-electron chi connectivity index (χ0n) is 26.5. The maximum atomic E-state index is 16.9. The maximum absolute atomic E-state index is 16.9. The van der Waals surface area contributed by atoms with Crippen molar-refractivity contribution in [2.45, 2.75) is 99.3 Å². The Hall–Kier alpha value is 1.07. The van der Waals surface area contributed by atoms with Gasteiger partial charge in [0.15, 0.2) is 50.4 Å². The van der Waals surface area contributed by atoms with Gasteiger partial charge >= 0.3 is 21.5 Å². The lowest BCUT2D eigenvalue weighted by molar-refractivity contribution is 0.371. The summed E-state index contributed by atoms with van der Waals surface area (Å²) in [5.74, 6) is 0. The predicted molar refractivity (Wildman–Crippen MR) is 177 cm³/mol. The van der Waals surface area contributed by atoms with Gasteiger partial charge < -0.3 is 41.0 Å². The number of nitrogens with one attached hydrogen (secondary N) is 4. The third kappa shape index (κ3) is 6.01. The topological polar surface area (TPSA) is 64.3 Å². The molecule has 4 N–H and O–H groups in total. The van der Waals surface area contributed by atoms with Crippen LogP contribution in [0.5, 0.6) is 0 Å². The smallest absolute Gasteiger partial charge is 0.337 e. The van der Waals surface area contributed by atoms with Crippen LogP contribution in [0.1, 0.15) is 20.8 Å². The second-order valence-electron chi connectivity index (χ2n) is 14.2. The molecule has 0 atom stereocenters. The van der Waals surface area contributed by atoms with Gasteiger partial charge in [-0.1, -0.05) is 20.8 Å². The highest BCUT2D eigenvalue weighted by molar-refractivity contribution is 7.13. The molecule has 0 amide bonds. The van der Waals surface area contributed by atoms with Crippen LogP contribution in [0, 0.1) is 0 Å². The average Bonchev–Trinajstić information content (AvgIpc) is 2.62. The van der Waals surface area contributed by atoms with Crippen LogP contribution in [0.2, 0.25) is 78.6 Å². The molecule has 19 heteroatoms. The van der Waals surface area contributed by atoms with Gasteiger partial charge in [-0.2, -0.15) is 0 Å². The van der Waals surface area contributed by atoms with Crippen LogP contribution in [0.25, 0.3) is 0 Å². The molecule has 0 aromatic heterocycles. The average molecular weight is 618 g/mol. The van der Waals surface area contributed by atoms with Crippen LogP contribution in [-0.2, 0) is 0 Å². The second-order valence-corrected chi connectivity index (χ2v) is 40.0.